The fraction of sp³-hybridized carbons (Fsp3) is 0.250. The number of hydrogen-bond donors (Lipinski definition) is 1. The van der Waals surface area contributed by atoms with E-state index in [9.17, 15) is 0 Å². The van der Waals surface area contributed by atoms with Crippen molar-refractivity contribution >= 4 is 27.4 Å². The first kappa shape index (κ1) is 14.0. The molecule has 0 aliphatic carbocycles. The molecule has 3 aromatic rings. The summed E-state index contributed by atoms with van der Waals surface area (Å²) in [5, 5.41) is 3.18. The smallest absolute Gasteiger partial charge is 0.141 e. The lowest BCUT2D eigenvalue weighted by molar-refractivity contribution is 0.728. The summed E-state index contributed by atoms with van der Waals surface area (Å²) in [5.41, 5.74) is 6.96. The highest BCUT2D eigenvalue weighted by atomic mass is 32.1. The second kappa shape index (κ2) is 6.65. The predicted molar refractivity (Wildman–Crippen MR) is 88.6 cm³/mol. The molecule has 0 saturated carbocycles. The molecule has 0 bridgehead atoms. The summed E-state index contributed by atoms with van der Waals surface area (Å²) in [6.45, 7) is 2.42. The Morgan fingerprint density at radius 3 is 2.76 bits per heavy atom. The van der Waals surface area contributed by atoms with Crippen LogP contribution in [-0.4, -0.2) is 23.1 Å². The molecule has 2 N–H and O–H groups in total. The number of nitrogens with zero attached hydrogens (tertiary/aromatic N) is 3. The van der Waals surface area contributed by atoms with Gasteiger partial charge in [-0.05, 0) is 30.0 Å². The van der Waals surface area contributed by atoms with Gasteiger partial charge in [0.1, 0.15) is 17.0 Å². The molecule has 0 aliphatic rings. The molecule has 0 saturated heterocycles. The minimum Gasteiger partial charge on any atom is -0.352 e. The van der Waals surface area contributed by atoms with Crippen LogP contribution in [0.5, 0.6) is 0 Å². The summed E-state index contributed by atoms with van der Waals surface area (Å²) in [5.74, 6) is 0.999. The maximum Gasteiger partial charge on any atom is 0.141 e. The van der Waals surface area contributed by atoms with E-state index in [2.05, 4.69) is 50.6 Å². The normalized spacial score (nSPS) is 10.9. The van der Waals surface area contributed by atoms with E-state index < -0.39 is 0 Å². The fourth-order valence-electron chi connectivity index (χ4n) is 2.37. The van der Waals surface area contributed by atoms with Crippen LogP contribution in [0.3, 0.4) is 0 Å². The number of thiophene rings is 1. The number of rotatable bonds is 6. The average molecular weight is 298 g/mol. The van der Waals surface area contributed by atoms with Crippen molar-refractivity contribution in [2.24, 2.45) is 5.73 Å². The van der Waals surface area contributed by atoms with Gasteiger partial charge in [-0.1, -0.05) is 30.3 Å². The van der Waals surface area contributed by atoms with Crippen molar-refractivity contribution in [3.63, 3.8) is 0 Å². The summed E-state index contributed by atoms with van der Waals surface area (Å²) in [6.07, 6.45) is 2.59. The van der Waals surface area contributed by atoms with E-state index in [1.165, 1.54) is 5.56 Å². The Morgan fingerprint density at radius 2 is 1.95 bits per heavy atom. The van der Waals surface area contributed by atoms with Crippen LogP contribution in [0, 0.1) is 0 Å². The maximum atomic E-state index is 5.68. The van der Waals surface area contributed by atoms with Gasteiger partial charge in [0.15, 0.2) is 0 Å². The lowest BCUT2D eigenvalue weighted by atomic mass is 10.2. The first-order chi connectivity index (χ1) is 10.4. The quantitative estimate of drug-likeness (QED) is 0.760. The molecule has 0 spiro atoms. The summed E-state index contributed by atoms with van der Waals surface area (Å²) >= 11 is 1.65. The highest BCUT2D eigenvalue weighted by Crippen LogP contribution is 2.27. The third kappa shape index (κ3) is 3.20. The van der Waals surface area contributed by atoms with Gasteiger partial charge < -0.3 is 10.6 Å². The number of hydrogen-bond acceptors (Lipinski definition) is 5. The van der Waals surface area contributed by atoms with E-state index in [0.29, 0.717) is 6.54 Å². The molecule has 0 amide bonds. The van der Waals surface area contributed by atoms with Crippen LogP contribution in [-0.2, 0) is 6.54 Å². The second-order valence-corrected chi connectivity index (χ2v) is 5.78. The maximum absolute atomic E-state index is 5.68. The summed E-state index contributed by atoms with van der Waals surface area (Å²) in [4.78, 5) is 12.2. The largest absolute Gasteiger partial charge is 0.352 e. The predicted octanol–water partition coefficient (Wildman–Crippen LogP) is 3.05. The molecule has 5 heteroatoms. The molecule has 2 heterocycles. The number of aromatic nitrogens is 2. The van der Waals surface area contributed by atoms with Crippen molar-refractivity contribution in [2.75, 3.05) is 18.0 Å². The van der Waals surface area contributed by atoms with Crippen molar-refractivity contribution in [1.29, 1.82) is 0 Å². The number of benzene rings is 1. The molecule has 0 aliphatic heterocycles. The van der Waals surface area contributed by atoms with Crippen molar-refractivity contribution in [3.8, 4) is 0 Å². The third-order valence-electron chi connectivity index (χ3n) is 3.39. The van der Waals surface area contributed by atoms with Crippen LogP contribution in [0.2, 0.25) is 0 Å². The van der Waals surface area contributed by atoms with E-state index in [4.69, 9.17) is 5.73 Å². The third-order valence-corrected chi connectivity index (χ3v) is 4.21. The molecule has 0 unspecified atom stereocenters. The Morgan fingerprint density at radius 1 is 1.10 bits per heavy atom. The van der Waals surface area contributed by atoms with Gasteiger partial charge in [-0.3, -0.25) is 0 Å². The molecular formula is C16H18N4S. The zero-order chi connectivity index (χ0) is 14.5. The van der Waals surface area contributed by atoms with Crippen molar-refractivity contribution in [2.45, 2.75) is 13.0 Å². The lowest BCUT2D eigenvalue weighted by Gasteiger charge is -2.24. The minimum atomic E-state index is 0.684. The molecule has 21 heavy (non-hydrogen) atoms. The first-order valence-corrected chi connectivity index (χ1v) is 7.93. The highest BCUT2D eigenvalue weighted by Gasteiger charge is 2.13. The summed E-state index contributed by atoms with van der Waals surface area (Å²) in [7, 11) is 0. The number of anilines is 1. The van der Waals surface area contributed by atoms with Crippen LogP contribution in [0.15, 0.2) is 48.1 Å². The van der Waals surface area contributed by atoms with E-state index >= 15 is 0 Å². The molecule has 0 atom stereocenters. The van der Waals surface area contributed by atoms with Crippen molar-refractivity contribution in [1.82, 2.24) is 9.97 Å². The van der Waals surface area contributed by atoms with E-state index in [0.717, 1.165) is 35.5 Å². The van der Waals surface area contributed by atoms with Gasteiger partial charge >= 0.3 is 0 Å². The fourth-order valence-corrected chi connectivity index (χ4v) is 3.10. The van der Waals surface area contributed by atoms with Crippen LogP contribution >= 0.6 is 11.3 Å². The van der Waals surface area contributed by atoms with Crippen molar-refractivity contribution in [3.05, 3.63) is 53.7 Å². The Balaban J connectivity index is 1.93. The number of nitrogens with two attached hydrogens (primary N) is 1. The highest BCUT2D eigenvalue weighted by molar-refractivity contribution is 7.16. The SMILES string of the molecule is NCCCN(Cc1ccccc1)c1ncnc2sccc12. The molecule has 108 valence electrons. The van der Waals surface area contributed by atoms with Crippen molar-refractivity contribution < 1.29 is 0 Å². The molecule has 2 aromatic heterocycles. The summed E-state index contributed by atoms with van der Waals surface area (Å²) < 4.78 is 0. The van der Waals surface area contributed by atoms with E-state index in [1.54, 1.807) is 17.7 Å². The zero-order valence-electron chi connectivity index (χ0n) is 11.8. The number of fused-ring (bicyclic) bond motifs is 1. The zero-order valence-corrected chi connectivity index (χ0v) is 12.6. The van der Waals surface area contributed by atoms with E-state index in [1.807, 2.05) is 6.07 Å². The van der Waals surface area contributed by atoms with Crippen LogP contribution in [0.4, 0.5) is 5.82 Å². The molecule has 0 fully saturated rings. The van der Waals surface area contributed by atoms with Crippen LogP contribution < -0.4 is 10.6 Å². The standard InChI is InChI=1S/C16H18N4S/c17-8-4-9-20(11-13-5-2-1-3-6-13)15-14-7-10-21-16(14)19-12-18-15/h1-3,5-7,10,12H,4,8-9,11,17H2. The molecule has 1 aromatic carbocycles. The van der Waals surface area contributed by atoms with Gasteiger partial charge in [-0.2, -0.15) is 0 Å². The Labute approximate surface area is 128 Å². The van der Waals surface area contributed by atoms with E-state index in [-0.39, 0.29) is 0 Å². The molecule has 4 nitrogen and oxygen atoms in total. The Bertz CT molecular complexity index is 696. The molecule has 0 radical (unpaired) electrons. The van der Waals surface area contributed by atoms with Gasteiger partial charge in [0.05, 0.1) is 5.39 Å². The second-order valence-electron chi connectivity index (χ2n) is 4.89. The van der Waals surface area contributed by atoms with Crippen LogP contribution in [0.25, 0.3) is 10.2 Å². The minimum absolute atomic E-state index is 0.684. The monoisotopic (exact) mass is 298 g/mol. The molecule has 3 rings (SSSR count). The van der Waals surface area contributed by atoms with Gasteiger partial charge in [0.2, 0.25) is 0 Å². The lowest BCUT2D eigenvalue weighted by Crippen LogP contribution is -2.26. The first-order valence-electron chi connectivity index (χ1n) is 7.05. The van der Waals surface area contributed by atoms with Gasteiger partial charge in [-0.15, -0.1) is 11.3 Å². The van der Waals surface area contributed by atoms with Gasteiger partial charge in [0.25, 0.3) is 0 Å². The van der Waals surface area contributed by atoms with Gasteiger partial charge in [-0.25, -0.2) is 9.97 Å². The Kier molecular flexibility index (Phi) is 4.43. The Hall–Kier alpha value is -1.98. The average Bonchev–Trinajstić information content (AvgIpc) is 3.01. The molecular weight excluding hydrogens is 280 g/mol. The van der Waals surface area contributed by atoms with Crippen LogP contribution in [0.1, 0.15) is 12.0 Å². The topological polar surface area (TPSA) is 55.0 Å². The summed E-state index contributed by atoms with van der Waals surface area (Å²) in [6, 6.07) is 12.5. The van der Waals surface area contributed by atoms with Gasteiger partial charge in [0, 0.05) is 13.1 Å².